The summed E-state index contributed by atoms with van der Waals surface area (Å²) in [6.45, 7) is 5.67. The Balaban J connectivity index is 1.52. The first-order valence-electron chi connectivity index (χ1n) is 10.8. The van der Waals surface area contributed by atoms with Crippen LogP contribution in [0.4, 0.5) is 0 Å². The standard InChI is InChI=1S/C23H37N3O2/c1-18-7-9-19(10-8-18)21-20(6-4-14-28-21)16-25-22(24-2)26-17-23(11-5-12-23)13-15-27-3/h7-10,20-21H,4-6,11-17H2,1-3H3,(H2,24,25,26). The summed E-state index contributed by atoms with van der Waals surface area (Å²) in [6.07, 6.45) is 7.49. The molecule has 2 fully saturated rings. The molecule has 1 aliphatic carbocycles. The van der Waals surface area contributed by atoms with Crippen LogP contribution in [0.2, 0.25) is 0 Å². The van der Waals surface area contributed by atoms with Crippen molar-refractivity contribution < 1.29 is 9.47 Å². The third-order valence-corrected chi connectivity index (χ3v) is 6.49. The molecule has 3 rings (SSSR count). The summed E-state index contributed by atoms with van der Waals surface area (Å²) in [5.41, 5.74) is 2.96. The Morgan fingerprint density at radius 1 is 1.21 bits per heavy atom. The molecule has 5 nitrogen and oxygen atoms in total. The molecule has 1 saturated heterocycles. The number of benzene rings is 1. The first kappa shape index (κ1) is 21.1. The van der Waals surface area contributed by atoms with E-state index in [2.05, 4.69) is 46.8 Å². The van der Waals surface area contributed by atoms with Gasteiger partial charge in [0.15, 0.2) is 5.96 Å². The smallest absolute Gasteiger partial charge is 0.191 e. The van der Waals surface area contributed by atoms with E-state index in [9.17, 15) is 0 Å². The molecular formula is C23H37N3O2. The van der Waals surface area contributed by atoms with E-state index in [0.717, 1.165) is 45.1 Å². The van der Waals surface area contributed by atoms with Crippen LogP contribution in [0.1, 0.15) is 55.8 Å². The molecule has 5 heteroatoms. The minimum Gasteiger partial charge on any atom is -0.385 e. The topological polar surface area (TPSA) is 54.9 Å². The number of hydrogen-bond donors (Lipinski definition) is 2. The summed E-state index contributed by atoms with van der Waals surface area (Å²) in [4.78, 5) is 4.45. The molecule has 0 radical (unpaired) electrons. The summed E-state index contributed by atoms with van der Waals surface area (Å²) in [5.74, 6) is 1.36. The van der Waals surface area contributed by atoms with Crippen molar-refractivity contribution >= 4 is 5.96 Å². The Kier molecular flexibility index (Phi) is 7.74. The Morgan fingerprint density at radius 2 is 2.00 bits per heavy atom. The molecule has 2 atom stereocenters. The molecule has 1 aromatic rings. The lowest BCUT2D eigenvalue weighted by Crippen LogP contribution is -2.48. The van der Waals surface area contributed by atoms with Gasteiger partial charge in [-0.2, -0.15) is 0 Å². The van der Waals surface area contributed by atoms with Gasteiger partial charge in [-0.15, -0.1) is 0 Å². The van der Waals surface area contributed by atoms with E-state index in [-0.39, 0.29) is 6.10 Å². The van der Waals surface area contributed by atoms with E-state index in [1.807, 2.05) is 7.05 Å². The second-order valence-electron chi connectivity index (χ2n) is 8.51. The average molecular weight is 388 g/mol. The quantitative estimate of drug-likeness (QED) is 0.526. The van der Waals surface area contributed by atoms with Crippen molar-refractivity contribution in [1.82, 2.24) is 10.6 Å². The molecule has 2 N–H and O–H groups in total. The summed E-state index contributed by atoms with van der Waals surface area (Å²) in [6, 6.07) is 8.77. The molecule has 0 aromatic heterocycles. The van der Waals surface area contributed by atoms with E-state index in [0.29, 0.717) is 11.3 Å². The highest BCUT2D eigenvalue weighted by molar-refractivity contribution is 5.79. The Labute approximate surface area is 170 Å². The largest absolute Gasteiger partial charge is 0.385 e. The fraction of sp³-hybridized carbons (Fsp3) is 0.696. The number of nitrogens with one attached hydrogen (secondary N) is 2. The van der Waals surface area contributed by atoms with Crippen LogP contribution in [0.15, 0.2) is 29.3 Å². The van der Waals surface area contributed by atoms with Crippen LogP contribution in [0.5, 0.6) is 0 Å². The molecule has 0 spiro atoms. The number of nitrogens with zero attached hydrogens (tertiary/aromatic N) is 1. The van der Waals surface area contributed by atoms with Gasteiger partial charge in [0.1, 0.15) is 0 Å². The van der Waals surface area contributed by atoms with Crippen molar-refractivity contribution in [2.45, 2.75) is 51.6 Å². The van der Waals surface area contributed by atoms with Gasteiger partial charge in [0.25, 0.3) is 0 Å². The number of rotatable bonds is 8. The lowest BCUT2D eigenvalue weighted by molar-refractivity contribution is -0.0265. The van der Waals surface area contributed by atoms with Gasteiger partial charge in [-0.25, -0.2) is 0 Å². The first-order chi connectivity index (χ1) is 13.7. The molecular weight excluding hydrogens is 350 g/mol. The summed E-state index contributed by atoms with van der Waals surface area (Å²) >= 11 is 0. The average Bonchev–Trinajstić information content (AvgIpc) is 2.70. The second kappa shape index (κ2) is 10.3. The minimum absolute atomic E-state index is 0.166. The fourth-order valence-corrected chi connectivity index (χ4v) is 4.41. The number of methoxy groups -OCH3 is 1. The van der Waals surface area contributed by atoms with Crippen LogP contribution in [0.25, 0.3) is 0 Å². The summed E-state index contributed by atoms with van der Waals surface area (Å²) in [7, 11) is 3.64. The number of aryl methyl sites for hydroxylation is 1. The molecule has 28 heavy (non-hydrogen) atoms. The summed E-state index contributed by atoms with van der Waals surface area (Å²) in [5, 5.41) is 7.12. The fourth-order valence-electron chi connectivity index (χ4n) is 4.41. The SMILES string of the molecule is CN=C(NCC1CCCOC1c1ccc(C)cc1)NCC1(CCOC)CCC1. The number of guanidine groups is 1. The van der Waals surface area contributed by atoms with Gasteiger partial charge in [-0.1, -0.05) is 36.2 Å². The number of ether oxygens (including phenoxy) is 2. The van der Waals surface area contributed by atoms with Crippen LogP contribution in [0.3, 0.4) is 0 Å². The minimum atomic E-state index is 0.166. The van der Waals surface area contributed by atoms with Gasteiger partial charge in [0.2, 0.25) is 0 Å². The van der Waals surface area contributed by atoms with Crippen molar-refractivity contribution in [2.75, 3.05) is 40.5 Å². The zero-order valence-electron chi connectivity index (χ0n) is 17.8. The molecule has 2 unspecified atom stereocenters. The first-order valence-corrected chi connectivity index (χ1v) is 10.8. The molecule has 1 saturated carbocycles. The van der Waals surface area contributed by atoms with Crippen molar-refractivity contribution in [3.05, 3.63) is 35.4 Å². The monoisotopic (exact) mass is 387 g/mol. The zero-order chi connectivity index (χ0) is 19.8. The van der Waals surface area contributed by atoms with Crippen LogP contribution in [-0.4, -0.2) is 46.4 Å². The second-order valence-corrected chi connectivity index (χ2v) is 8.51. The van der Waals surface area contributed by atoms with E-state index in [1.54, 1.807) is 7.11 Å². The Morgan fingerprint density at radius 3 is 2.64 bits per heavy atom. The van der Waals surface area contributed by atoms with E-state index < -0.39 is 0 Å². The molecule has 1 aliphatic heterocycles. The van der Waals surface area contributed by atoms with Crippen LogP contribution >= 0.6 is 0 Å². The van der Waals surface area contributed by atoms with Crippen molar-refractivity contribution in [2.24, 2.45) is 16.3 Å². The van der Waals surface area contributed by atoms with Gasteiger partial charge < -0.3 is 20.1 Å². The van der Waals surface area contributed by atoms with Gasteiger partial charge in [-0.05, 0) is 50.0 Å². The highest BCUT2D eigenvalue weighted by Gasteiger charge is 2.36. The zero-order valence-corrected chi connectivity index (χ0v) is 17.8. The third-order valence-electron chi connectivity index (χ3n) is 6.49. The van der Waals surface area contributed by atoms with Crippen molar-refractivity contribution in [3.8, 4) is 0 Å². The Hall–Kier alpha value is -1.59. The normalized spacial score (nSPS) is 24.5. The predicted molar refractivity (Wildman–Crippen MR) is 115 cm³/mol. The van der Waals surface area contributed by atoms with Crippen LogP contribution < -0.4 is 10.6 Å². The number of hydrogen-bond acceptors (Lipinski definition) is 3. The molecule has 2 aliphatic rings. The van der Waals surface area contributed by atoms with Crippen molar-refractivity contribution in [3.63, 3.8) is 0 Å². The maximum Gasteiger partial charge on any atom is 0.191 e. The van der Waals surface area contributed by atoms with Gasteiger partial charge in [0, 0.05) is 46.4 Å². The maximum absolute atomic E-state index is 6.15. The lowest BCUT2D eigenvalue weighted by Gasteiger charge is -2.42. The van der Waals surface area contributed by atoms with Gasteiger partial charge in [-0.3, -0.25) is 4.99 Å². The molecule has 156 valence electrons. The summed E-state index contributed by atoms with van der Waals surface area (Å²) < 4.78 is 11.5. The predicted octanol–water partition coefficient (Wildman–Crippen LogP) is 3.83. The third kappa shape index (κ3) is 5.48. The molecule has 1 heterocycles. The van der Waals surface area contributed by atoms with Gasteiger partial charge in [0.05, 0.1) is 6.10 Å². The molecule has 0 bridgehead atoms. The highest BCUT2D eigenvalue weighted by atomic mass is 16.5. The number of aliphatic imine (C=N–C) groups is 1. The molecule has 1 aromatic carbocycles. The lowest BCUT2D eigenvalue weighted by atomic mass is 9.67. The maximum atomic E-state index is 6.15. The van der Waals surface area contributed by atoms with E-state index in [1.165, 1.54) is 36.8 Å². The van der Waals surface area contributed by atoms with Gasteiger partial charge >= 0.3 is 0 Å². The Bertz CT molecular complexity index is 625. The van der Waals surface area contributed by atoms with E-state index >= 15 is 0 Å². The van der Waals surface area contributed by atoms with Crippen LogP contribution in [-0.2, 0) is 9.47 Å². The van der Waals surface area contributed by atoms with Crippen LogP contribution in [0, 0.1) is 18.3 Å². The van der Waals surface area contributed by atoms with E-state index in [4.69, 9.17) is 9.47 Å². The van der Waals surface area contributed by atoms with Crippen molar-refractivity contribution in [1.29, 1.82) is 0 Å². The highest BCUT2D eigenvalue weighted by Crippen LogP contribution is 2.43. The molecule has 0 amide bonds.